The highest BCUT2D eigenvalue weighted by atomic mass is 19.1. The fraction of sp³-hybridized carbons (Fsp3) is 0.267. The quantitative estimate of drug-likeness (QED) is 0.874. The predicted octanol–water partition coefficient (Wildman–Crippen LogP) is 2.92. The van der Waals surface area contributed by atoms with Gasteiger partial charge in [-0.25, -0.2) is 4.39 Å². The van der Waals surface area contributed by atoms with Crippen LogP contribution < -0.4 is 5.32 Å². The van der Waals surface area contributed by atoms with Crippen molar-refractivity contribution in [1.82, 2.24) is 10.3 Å². The van der Waals surface area contributed by atoms with Crippen LogP contribution in [0.15, 0.2) is 42.7 Å². The van der Waals surface area contributed by atoms with E-state index in [1.54, 1.807) is 12.3 Å². The zero-order valence-electron chi connectivity index (χ0n) is 10.5. The van der Waals surface area contributed by atoms with Crippen LogP contribution >= 0.6 is 0 Å². The molecule has 0 aliphatic carbocycles. The lowest BCUT2D eigenvalue weighted by atomic mass is 10.0. The average Bonchev–Trinajstić information content (AvgIpc) is 2.39. The van der Waals surface area contributed by atoms with Crippen molar-refractivity contribution in [1.29, 1.82) is 0 Å². The molecule has 0 unspecified atom stereocenters. The number of rotatable bonds is 5. The molecule has 1 aromatic carbocycles. The minimum absolute atomic E-state index is 0.186. The van der Waals surface area contributed by atoms with E-state index in [1.807, 2.05) is 24.4 Å². The highest BCUT2D eigenvalue weighted by molar-refractivity contribution is 5.32. The van der Waals surface area contributed by atoms with E-state index in [1.165, 1.54) is 6.07 Å². The molecule has 0 atom stereocenters. The summed E-state index contributed by atoms with van der Waals surface area (Å²) in [5.74, 6) is -0.186. The minimum Gasteiger partial charge on any atom is -0.313 e. The largest absolute Gasteiger partial charge is 0.313 e. The molecule has 0 aliphatic heterocycles. The number of nitrogens with zero attached hydrogens (tertiary/aromatic N) is 1. The zero-order chi connectivity index (χ0) is 12.8. The Kier molecular flexibility index (Phi) is 4.42. The monoisotopic (exact) mass is 244 g/mol. The van der Waals surface area contributed by atoms with Gasteiger partial charge in [0.2, 0.25) is 0 Å². The molecule has 0 saturated carbocycles. The van der Waals surface area contributed by atoms with E-state index in [0.717, 1.165) is 29.8 Å². The van der Waals surface area contributed by atoms with E-state index in [4.69, 9.17) is 0 Å². The highest BCUT2D eigenvalue weighted by Gasteiger charge is 2.05. The molecule has 94 valence electrons. The molecule has 0 saturated heterocycles. The van der Waals surface area contributed by atoms with Crippen LogP contribution in [0.4, 0.5) is 4.39 Å². The summed E-state index contributed by atoms with van der Waals surface area (Å²) >= 11 is 0. The van der Waals surface area contributed by atoms with Gasteiger partial charge in [-0.2, -0.15) is 0 Å². The SMILES string of the molecule is CCNCc1ccc(F)cc1Cc1cccnc1. The van der Waals surface area contributed by atoms with Crippen LogP contribution in [0, 0.1) is 5.82 Å². The fourth-order valence-electron chi connectivity index (χ4n) is 1.91. The third-order valence-electron chi connectivity index (χ3n) is 2.85. The van der Waals surface area contributed by atoms with Crippen LogP contribution in [-0.2, 0) is 13.0 Å². The molecule has 1 N–H and O–H groups in total. The third-order valence-corrected chi connectivity index (χ3v) is 2.85. The Morgan fingerprint density at radius 2 is 2.11 bits per heavy atom. The summed E-state index contributed by atoms with van der Waals surface area (Å²) in [7, 11) is 0. The van der Waals surface area contributed by atoms with Gasteiger partial charge >= 0.3 is 0 Å². The summed E-state index contributed by atoms with van der Waals surface area (Å²) in [5, 5.41) is 3.27. The van der Waals surface area contributed by atoms with Crippen LogP contribution in [0.2, 0.25) is 0 Å². The topological polar surface area (TPSA) is 24.9 Å². The maximum absolute atomic E-state index is 13.3. The first-order valence-electron chi connectivity index (χ1n) is 6.16. The summed E-state index contributed by atoms with van der Waals surface area (Å²) in [6.45, 7) is 3.74. The first-order chi connectivity index (χ1) is 8.79. The standard InChI is InChI=1S/C15H17FN2/c1-2-17-11-13-5-6-15(16)9-14(13)8-12-4-3-7-18-10-12/h3-7,9-10,17H,2,8,11H2,1H3. The Bertz CT molecular complexity index is 497. The van der Waals surface area contributed by atoms with E-state index in [-0.39, 0.29) is 5.82 Å². The minimum atomic E-state index is -0.186. The summed E-state index contributed by atoms with van der Waals surface area (Å²) in [4.78, 5) is 4.09. The Balaban J connectivity index is 2.22. The lowest BCUT2D eigenvalue weighted by Crippen LogP contribution is -2.13. The van der Waals surface area contributed by atoms with Crippen molar-refractivity contribution in [3.63, 3.8) is 0 Å². The number of hydrogen-bond donors (Lipinski definition) is 1. The molecule has 0 fully saturated rings. The average molecular weight is 244 g/mol. The first-order valence-corrected chi connectivity index (χ1v) is 6.16. The summed E-state index contributed by atoms with van der Waals surface area (Å²) in [5.41, 5.74) is 3.26. The molecular formula is C15H17FN2. The van der Waals surface area contributed by atoms with Crippen molar-refractivity contribution in [3.8, 4) is 0 Å². The normalized spacial score (nSPS) is 10.6. The van der Waals surface area contributed by atoms with Gasteiger partial charge in [0, 0.05) is 18.9 Å². The van der Waals surface area contributed by atoms with Gasteiger partial charge in [-0.05, 0) is 47.9 Å². The van der Waals surface area contributed by atoms with Gasteiger partial charge in [-0.15, -0.1) is 0 Å². The zero-order valence-corrected chi connectivity index (χ0v) is 10.5. The van der Waals surface area contributed by atoms with Gasteiger partial charge in [0.15, 0.2) is 0 Å². The van der Waals surface area contributed by atoms with Crippen LogP contribution in [0.1, 0.15) is 23.6 Å². The lowest BCUT2D eigenvalue weighted by molar-refractivity contribution is 0.623. The van der Waals surface area contributed by atoms with Crippen molar-refractivity contribution in [2.45, 2.75) is 19.9 Å². The van der Waals surface area contributed by atoms with E-state index in [0.29, 0.717) is 6.42 Å². The second-order valence-corrected chi connectivity index (χ2v) is 4.23. The molecule has 1 aromatic heterocycles. The maximum Gasteiger partial charge on any atom is 0.123 e. The molecule has 3 heteroatoms. The second-order valence-electron chi connectivity index (χ2n) is 4.23. The highest BCUT2D eigenvalue weighted by Crippen LogP contribution is 2.15. The fourth-order valence-corrected chi connectivity index (χ4v) is 1.91. The molecule has 18 heavy (non-hydrogen) atoms. The molecule has 0 spiro atoms. The molecule has 2 nitrogen and oxygen atoms in total. The van der Waals surface area contributed by atoms with Gasteiger partial charge in [0.25, 0.3) is 0 Å². The lowest BCUT2D eigenvalue weighted by Gasteiger charge is -2.10. The van der Waals surface area contributed by atoms with Crippen molar-refractivity contribution >= 4 is 0 Å². The van der Waals surface area contributed by atoms with Crippen LogP contribution in [0.3, 0.4) is 0 Å². The van der Waals surface area contributed by atoms with Crippen LogP contribution in [-0.4, -0.2) is 11.5 Å². The van der Waals surface area contributed by atoms with Gasteiger partial charge in [-0.3, -0.25) is 4.98 Å². The molecule has 0 bridgehead atoms. The van der Waals surface area contributed by atoms with E-state index in [9.17, 15) is 4.39 Å². The van der Waals surface area contributed by atoms with Crippen molar-refractivity contribution in [2.24, 2.45) is 0 Å². The van der Waals surface area contributed by atoms with E-state index >= 15 is 0 Å². The summed E-state index contributed by atoms with van der Waals surface area (Å²) in [6, 6.07) is 8.89. The first kappa shape index (κ1) is 12.7. The molecule has 2 aromatic rings. The maximum atomic E-state index is 13.3. The molecule has 0 amide bonds. The van der Waals surface area contributed by atoms with Crippen molar-refractivity contribution in [2.75, 3.05) is 6.54 Å². The molecular weight excluding hydrogens is 227 g/mol. The molecule has 1 heterocycles. The Morgan fingerprint density at radius 1 is 1.22 bits per heavy atom. The van der Waals surface area contributed by atoms with Crippen LogP contribution in [0.25, 0.3) is 0 Å². The molecule has 0 radical (unpaired) electrons. The van der Waals surface area contributed by atoms with E-state index < -0.39 is 0 Å². The number of nitrogens with one attached hydrogen (secondary N) is 1. The number of halogens is 1. The Labute approximate surface area is 107 Å². The van der Waals surface area contributed by atoms with Crippen molar-refractivity contribution < 1.29 is 4.39 Å². The molecule has 2 rings (SSSR count). The predicted molar refractivity (Wildman–Crippen MR) is 70.8 cm³/mol. The molecule has 0 aliphatic rings. The Morgan fingerprint density at radius 3 is 2.83 bits per heavy atom. The smallest absolute Gasteiger partial charge is 0.123 e. The third kappa shape index (κ3) is 3.37. The Hall–Kier alpha value is -1.74. The second kappa shape index (κ2) is 6.26. The van der Waals surface area contributed by atoms with E-state index in [2.05, 4.69) is 17.2 Å². The van der Waals surface area contributed by atoms with Gasteiger partial charge in [0.05, 0.1) is 0 Å². The number of aromatic nitrogens is 1. The van der Waals surface area contributed by atoms with Crippen molar-refractivity contribution in [3.05, 3.63) is 65.2 Å². The van der Waals surface area contributed by atoms with Gasteiger partial charge in [-0.1, -0.05) is 19.1 Å². The summed E-state index contributed by atoms with van der Waals surface area (Å²) < 4.78 is 13.3. The van der Waals surface area contributed by atoms with Crippen LogP contribution in [0.5, 0.6) is 0 Å². The van der Waals surface area contributed by atoms with Gasteiger partial charge in [0.1, 0.15) is 5.82 Å². The number of hydrogen-bond acceptors (Lipinski definition) is 2. The van der Waals surface area contributed by atoms with Gasteiger partial charge < -0.3 is 5.32 Å². The number of pyridine rings is 1. The summed E-state index contributed by atoms with van der Waals surface area (Å²) in [6.07, 6.45) is 4.28. The number of benzene rings is 1.